The molecule has 1 saturated heterocycles. The minimum absolute atomic E-state index is 0.0120. The molecule has 3 heterocycles. The molecule has 1 fully saturated rings. The van der Waals surface area contributed by atoms with E-state index in [2.05, 4.69) is 16.5 Å². The Morgan fingerprint density at radius 3 is 2.67 bits per heavy atom. The Balaban J connectivity index is 1.52. The van der Waals surface area contributed by atoms with Crippen LogP contribution in [0.4, 0.5) is 5.82 Å². The number of nitrogens with zero attached hydrogens (tertiary/aromatic N) is 4. The van der Waals surface area contributed by atoms with E-state index in [1.54, 1.807) is 11.8 Å². The number of carbonyl (C=O) groups excluding carboxylic acids is 1. The van der Waals surface area contributed by atoms with E-state index in [4.69, 9.17) is 10.7 Å². The first-order chi connectivity index (χ1) is 14.3. The molecule has 1 amide bonds. The van der Waals surface area contributed by atoms with Crippen molar-refractivity contribution in [2.75, 3.05) is 23.8 Å². The maximum absolute atomic E-state index is 12.0. The Labute approximate surface area is 177 Å². The Hall–Kier alpha value is -2.36. The van der Waals surface area contributed by atoms with Gasteiger partial charge in [0.1, 0.15) is 11.3 Å². The van der Waals surface area contributed by atoms with E-state index >= 15 is 0 Å². The van der Waals surface area contributed by atoms with E-state index in [1.807, 2.05) is 24.3 Å². The van der Waals surface area contributed by atoms with Crippen LogP contribution in [-0.2, 0) is 17.8 Å². The lowest BCUT2D eigenvalue weighted by atomic mass is 10.1. The van der Waals surface area contributed by atoms with Gasteiger partial charge in [-0.3, -0.25) is 13.9 Å². The normalized spacial score (nSPS) is 17.2. The molecule has 0 saturated carbocycles. The summed E-state index contributed by atoms with van der Waals surface area (Å²) in [6.45, 7) is 5.02. The molecule has 8 nitrogen and oxygen atoms in total. The van der Waals surface area contributed by atoms with Gasteiger partial charge in [0.05, 0.1) is 28.6 Å². The number of nitrogen functional groups attached to an aromatic ring is 1. The van der Waals surface area contributed by atoms with Crippen molar-refractivity contribution in [3.63, 3.8) is 0 Å². The number of amides is 1. The maximum Gasteiger partial charge on any atom is 0.219 e. The van der Waals surface area contributed by atoms with Gasteiger partial charge in [-0.2, -0.15) is 10.6 Å². The van der Waals surface area contributed by atoms with Gasteiger partial charge in [-0.05, 0) is 18.9 Å². The third-order valence-electron chi connectivity index (χ3n) is 5.80. The van der Waals surface area contributed by atoms with Crippen LogP contribution < -0.4 is 5.73 Å². The van der Waals surface area contributed by atoms with Crippen molar-refractivity contribution < 1.29 is 13.9 Å². The number of rotatable bonds is 7. The molecule has 0 unspecified atom stereocenters. The Morgan fingerprint density at radius 2 is 2.00 bits per heavy atom. The molecule has 2 aromatic heterocycles. The summed E-state index contributed by atoms with van der Waals surface area (Å²) in [5.74, 6) is 2.02. The second-order valence-electron chi connectivity index (χ2n) is 7.95. The molecule has 30 heavy (non-hydrogen) atoms. The predicted molar refractivity (Wildman–Crippen MR) is 122 cm³/mol. The van der Waals surface area contributed by atoms with Gasteiger partial charge in [0, 0.05) is 31.8 Å². The molecule has 0 atom stereocenters. The number of aromatic nitrogens is 3. The zero-order valence-electron chi connectivity index (χ0n) is 17.4. The van der Waals surface area contributed by atoms with E-state index < -0.39 is 10.6 Å². The highest BCUT2D eigenvalue weighted by Gasteiger charge is 2.38. The van der Waals surface area contributed by atoms with Crippen LogP contribution in [0.2, 0.25) is 0 Å². The molecule has 1 aromatic carbocycles. The van der Waals surface area contributed by atoms with E-state index in [1.165, 1.54) is 0 Å². The summed E-state index contributed by atoms with van der Waals surface area (Å²) in [7, 11) is -2.46. The molecule has 9 heteroatoms. The van der Waals surface area contributed by atoms with Crippen LogP contribution in [0.3, 0.4) is 0 Å². The highest BCUT2D eigenvalue weighted by atomic mass is 32.3. The van der Waals surface area contributed by atoms with Crippen LogP contribution in [0.5, 0.6) is 0 Å². The molecule has 1 aliphatic rings. The number of hydrogen-bond donors (Lipinski definition) is 3. The van der Waals surface area contributed by atoms with E-state index in [9.17, 15) is 13.9 Å². The summed E-state index contributed by atoms with van der Waals surface area (Å²) in [4.78, 5) is 23.0. The summed E-state index contributed by atoms with van der Waals surface area (Å²) >= 11 is 0. The molecule has 0 radical (unpaired) electrons. The first kappa shape index (κ1) is 20.9. The summed E-state index contributed by atoms with van der Waals surface area (Å²) < 4.78 is 21.5. The third-order valence-corrected chi connectivity index (χ3v) is 7.64. The van der Waals surface area contributed by atoms with Crippen molar-refractivity contribution in [1.82, 2.24) is 19.4 Å². The van der Waals surface area contributed by atoms with Crippen molar-refractivity contribution in [1.29, 1.82) is 0 Å². The second kappa shape index (κ2) is 8.05. The van der Waals surface area contributed by atoms with Gasteiger partial charge >= 0.3 is 0 Å². The first-order valence-electron chi connectivity index (χ1n) is 10.3. The smallest absolute Gasteiger partial charge is 0.219 e. The van der Waals surface area contributed by atoms with Gasteiger partial charge in [0.15, 0.2) is 5.82 Å². The van der Waals surface area contributed by atoms with Crippen LogP contribution >= 0.6 is 10.6 Å². The van der Waals surface area contributed by atoms with Gasteiger partial charge < -0.3 is 15.2 Å². The fourth-order valence-corrected chi connectivity index (χ4v) is 5.81. The lowest BCUT2D eigenvalue weighted by molar-refractivity contribution is -0.130. The Bertz CT molecular complexity index is 1090. The topological polar surface area (TPSA) is 118 Å². The number of carbonyl (C=O) groups is 1. The molecule has 0 spiro atoms. The molecule has 162 valence electrons. The summed E-state index contributed by atoms with van der Waals surface area (Å²) in [6, 6.07) is 7.91. The number of benzene rings is 1. The van der Waals surface area contributed by atoms with Crippen molar-refractivity contribution in [2.45, 2.75) is 45.7 Å². The quantitative estimate of drug-likeness (QED) is 0.493. The number of fused-ring (bicyclic) bond motifs is 3. The van der Waals surface area contributed by atoms with Crippen molar-refractivity contribution >= 4 is 44.3 Å². The van der Waals surface area contributed by atoms with Crippen LogP contribution in [0.1, 0.15) is 32.5 Å². The van der Waals surface area contributed by atoms with Crippen LogP contribution in [0, 0.1) is 0 Å². The van der Waals surface area contributed by atoms with Gasteiger partial charge in [0.2, 0.25) is 5.91 Å². The minimum Gasteiger partial charge on any atom is -0.382 e. The number of anilines is 1. The number of imidazole rings is 1. The van der Waals surface area contributed by atoms with E-state index in [0.717, 1.165) is 53.6 Å². The number of hydrogen-bond acceptors (Lipinski definition) is 6. The molecule has 0 aliphatic carbocycles. The summed E-state index contributed by atoms with van der Waals surface area (Å²) in [5, 5.41) is 1.04. The third kappa shape index (κ3) is 3.84. The minimum atomic E-state index is -2.46. The maximum atomic E-state index is 12.0. The molecular formula is C21H29N5O3S. The number of nitrogens with two attached hydrogens (primary N) is 1. The highest BCUT2D eigenvalue weighted by molar-refractivity contribution is 8.25. The summed E-state index contributed by atoms with van der Waals surface area (Å²) in [6.07, 6.45) is 2.50. The molecule has 3 aromatic rings. The first-order valence-corrected chi connectivity index (χ1v) is 12.2. The van der Waals surface area contributed by atoms with Crippen molar-refractivity contribution in [2.24, 2.45) is 0 Å². The standard InChI is InChI=1S/C21H29N5O3S/c1-3-18-24-19-20(16-8-4-5-9-17(16)23-21(19)22)26(18)11-7-6-10-25(14(2)27)15-12-30(28,29)13-15/h4-5,8-9,15,28-29H,3,6-7,10-13H2,1-2H3,(H2,22,23). The number of para-hydroxylation sites is 1. The van der Waals surface area contributed by atoms with Crippen LogP contribution in [0.25, 0.3) is 21.9 Å². The lowest BCUT2D eigenvalue weighted by Gasteiger charge is -2.51. The highest BCUT2D eigenvalue weighted by Crippen LogP contribution is 2.50. The zero-order chi connectivity index (χ0) is 21.5. The lowest BCUT2D eigenvalue weighted by Crippen LogP contribution is -2.52. The van der Waals surface area contributed by atoms with Gasteiger partial charge in [-0.15, -0.1) is 0 Å². The van der Waals surface area contributed by atoms with Crippen LogP contribution in [-0.4, -0.2) is 58.5 Å². The Kier molecular flexibility index (Phi) is 5.61. The summed E-state index contributed by atoms with van der Waals surface area (Å²) in [5.41, 5.74) is 8.82. The number of aryl methyl sites for hydroxylation is 2. The molecule has 0 bridgehead atoms. The zero-order valence-corrected chi connectivity index (χ0v) is 18.2. The van der Waals surface area contributed by atoms with E-state index in [-0.39, 0.29) is 11.9 Å². The average molecular weight is 432 g/mol. The fraction of sp³-hybridized carbons (Fsp3) is 0.476. The van der Waals surface area contributed by atoms with Crippen molar-refractivity contribution in [3.8, 4) is 0 Å². The Morgan fingerprint density at radius 1 is 1.27 bits per heavy atom. The van der Waals surface area contributed by atoms with Crippen LogP contribution in [0.15, 0.2) is 24.3 Å². The van der Waals surface area contributed by atoms with Gasteiger partial charge in [-0.1, -0.05) is 25.1 Å². The molecule has 1 aliphatic heterocycles. The van der Waals surface area contributed by atoms with E-state index in [0.29, 0.717) is 23.9 Å². The SMILES string of the molecule is CCc1nc2c(N)nc3ccccc3c2n1CCCCN(C(C)=O)C1CS(O)(O)C1. The predicted octanol–water partition coefficient (Wildman–Crippen LogP) is 3.49. The average Bonchev–Trinajstić information content (AvgIpc) is 3.05. The molecular weight excluding hydrogens is 402 g/mol. The van der Waals surface area contributed by atoms with Gasteiger partial charge in [0.25, 0.3) is 0 Å². The largest absolute Gasteiger partial charge is 0.382 e. The molecule has 4 N–H and O–H groups in total. The van der Waals surface area contributed by atoms with Gasteiger partial charge in [-0.25, -0.2) is 9.97 Å². The second-order valence-corrected chi connectivity index (χ2v) is 10.2. The number of pyridine rings is 1. The molecule has 4 rings (SSSR count). The van der Waals surface area contributed by atoms with Crippen molar-refractivity contribution in [3.05, 3.63) is 30.1 Å². The number of unbranched alkanes of at least 4 members (excludes halogenated alkanes) is 1. The monoisotopic (exact) mass is 431 g/mol. The fourth-order valence-electron chi connectivity index (χ4n) is 4.31.